The number of carbonyl (C=O) groups is 4. The van der Waals surface area contributed by atoms with E-state index in [9.17, 15) is 38.6 Å². The van der Waals surface area contributed by atoms with Gasteiger partial charge in [-0.05, 0) is 36.1 Å². The molecule has 0 saturated carbocycles. The largest absolute Gasteiger partial charge is 0.508 e. The predicted molar refractivity (Wildman–Crippen MR) is 151 cm³/mol. The first-order chi connectivity index (χ1) is 19.4. The Bertz CT molecular complexity index is 1210. The van der Waals surface area contributed by atoms with Crippen molar-refractivity contribution in [2.24, 2.45) is 5.73 Å². The van der Waals surface area contributed by atoms with Gasteiger partial charge in [-0.1, -0.05) is 62.2 Å². The average Bonchev–Trinajstić information content (AvgIpc) is 2.93. The van der Waals surface area contributed by atoms with Gasteiger partial charge in [-0.15, -0.1) is 0 Å². The van der Waals surface area contributed by atoms with Crippen LogP contribution in [0.5, 0.6) is 5.75 Å². The van der Waals surface area contributed by atoms with Crippen LogP contribution in [-0.2, 0) is 36.6 Å². The number of hydrogen-bond acceptors (Lipinski definition) is 7. The second-order valence-corrected chi connectivity index (χ2v) is 11.3. The van der Waals surface area contributed by atoms with Crippen molar-refractivity contribution in [2.75, 3.05) is 13.1 Å². The molecule has 0 aromatic heterocycles. The minimum Gasteiger partial charge on any atom is -0.508 e. The molecule has 9 N–H and O–H groups in total. The van der Waals surface area contributed by atoms with E-state index in [0.29, 0.717) is 18.4 Å². The first kappa shape index (κ1) is 33.4. The van der Waals surface area contributed by atoms with Crippen molar-refractivity contribution in [2.45, 2.75) is 56.9 Å². The molecule has 0 radical (unpaired) electrons. The van der Waals surface area contributed by atoms with Crippen molar-refractivity contribution in [3.05, 3.63) is 65.7 Å². The molecule has 4 amide bonds. The zero-order valence-corrected chi connectivity index (χ0v) is 23.7. The van der Waals surface area contributed by atoms with Crippen LogP contribution in [0, 0.1) is 0 Å². The summed E-state index contributed by atoms with van der Waals surface area (Å²) in [6, 6.07) is 12.8. The van der Waals surface area contributed by atoms with Crippen LogP contribution in [0.15, 0.2) is 54.6 Å². The molecule has 0 bridgehead atoms. The lowest BCUT2D eigenvalue weighted by atomic mass is 10.0. The highest BCUT2D eigenvalue weighted by Gasteiger charge is 2.32. The van der Waals surface area contributed by atoms with Crippen molar-refractivity contribution in [1.29, 1.82) is 0 Å². The fraction of sp³-hybridized carbons (Fsp3) is 0.407. The zero-order valence-electron chi connectivity index (χ0n) is 22.8. The summed E-state index contributed by atoms with van der Waals surface area (Å²) in [6.07, 6.45) is 1.45. The molecule has 2 aromatic carbocycles. The van der Waals surface area contributed by atoms with Gasteiger partial charge in [0, 0.05) is 6.42 Å². The Morgan fingerprint density at radius 2 is 1.44 bits per heavy atom. The minimum atomic E-state index is -4.64. The third-order valence-electron chi connectivity index (χ3n) is 6.08. The molecule has 224 valence electrons. The molecule has 0 aliphatic carbocycles. The Hall–Kier alpha value is -3.77. The lowest BCUT2D eigenvalue weighted by Gasteiger charge is -2.24. The number of unbranched alkanes of at least 4 members (excludes halogenated alkanes) is 1. The number of amides is 4. The molecular formula is C27H38N5O8P. The topological polar surface area (TPSA) is 220 Å². The van der Waals surface area contributed by atoms with E-state index in [4.69, 9.17) is 5.73 Å². The van der Waals surface area contributed by atoms with Gasteiger partial charge in [0.25, 0.3) is 0 Å². The number of rotatable bonds is 16. The van der Waals surface area contributed by atoms with E-state index in [1.54, 1.807) is 42.5 Å². The van der Waals surface area contributed by atoms with Crippen LogP contribution in [-0.4, -0.2) is 69.5 Å². The second-order valence-electron chi connectivity index (χ2n) is 9.54. The molecule has 0 spiro atoms. The van der Waals surface area contributed by atoms with Crippen LogP contribution >= 0.6 is 7.60 Å². The van der Waals surface area contributed by atoms with Crippen LogP contribution in [0.2, 0.25) is 0 Å². The smallest absolute Gasteiger partial charge is 0.347 e. The summed E-state index contributed by atoms with van der Waals surface area (Å²) in [5, 5.41) is 18.9. The maximum Gasteiger partial charge on any atom is 0.347 e. The van der Waals surface area contributed by atoms with Crippen molar-refractivity contribution >= 4 is 31.2 Å². The molecular weight excluding hydrogens is 553 g/mol. The van der Waals surface area contributed by atoms with E-state index < -0.39 is 62.2 Å². The van der Waals surface area contributed by atoms with Crippen LogP contribution in [0.25, 0.3) is 0 Å². The summed E-state index contributed by atoms with van der Waals surface area (Å²) in [7, 11) is -4.64. The van der Waals surface area contributed by atoms with Gasteiger partial charge in [0.15, 0.2) is 0 Å². The number of hydrogen-bond donors (Lipinski definition) is 8. The summed E-state index contributed by atoms with van der Waals surface area (Å²) < 4.78 is 11.9. The molecule has 41 heavy (non-hydrogen) atoms. The Kier molecular flexibility index (Phi) is 13.4. The molecule has 2 aromatic rings. The van der Waals surface area contributed by atoms with Crippen molar-refractivity contribution in [1.82, 2.24) is 21.3 Å². The monoisotopic (exact) mass is 591 g/mol. The first-order valence-corrected chi connectivity index (χ1v) is 14.8. The second kappa shape index (κ2) is 16.5. The zero-order chi connectivity index (χ0) is 30.4. The van der Waals surface area contributed by atoms with E-state index in [2.05, 4.69) is 21.3 Å². The van der Waals surface area contributed by atoms with Gasteiger partial charge in [-0.25, -0.2) is 0 Å². The van der Waals surface area contributed by atoms with Gasteiger partial charge < -0.3 is 41.9 Å². The number of nitrogens with one attached hydrogen (secondary N) is 4. The summed E-state index contributed by atoms with van der Waals surface area (Å²) in [5.41, 5.74) is 7.29. The quantitative estimate of drug-likeness (QED) is 0.123. The molecule has 0 aliphatic heterocycles. The maximum absolute atomic E-state index is 13.0. The third kappa shape index (κ3) is 12.5. The molecule has 1 unspecified atom stereocenters. The van der Waals surface area contributed by atoms with Crippen molar-refractivity contribution in [3.63, 3.8) is 0 Å². The van der Waals surface area contributed by atoms with E-state index in [-0.39, 0.29) is 25.0 Å². The Morgan fingerprint density at radius 3 is 2.05 bits per heavy atom. The first-order valence-electron chi connectivity index (χ1n) is 13.2. The predicted octanol–water partition coefficient (Wildman–Crippen LogP) is 0.0321. The normalized spacial score (nSPS) is 13.4. The molecule has 3 atom stereocenters. The van der Waals surface area contributed by atoms with Gasteiger partial charge >= 0.3 is 7.60 Å². The average molecular weight is 592 g/mol. The van der Waals surface area contributed by atoms with Crippen LogP contribution in [0.4, 0.5) is 0 Å². The third-order valence-corrected chi connectivity index (χ3v) is 7.28. The number of nitrogens with two attached hydrogens (primary N) is 1. The highest BCUT2D eigenvalue weighted by molar-refractivity contribution is 7.52. The Balaban J connectivity index is 1.91. The van der Waals surface area contributed by atoms with Crippen LogP contribution in [0.1, 0.15) is 37.3 Å². The lowest BCUT2D eigenvalue weighted by molar-refractivity contribution is -0.130. The summed E-state index contributed by atoms with van der Waals surface area (Å²) in [4.78, 5) is 69.4. The van der Waals surface area contributed by atoms with Crippen LogP contribution < -0.4 is 27.0 Å². The summed E-state index contributed by atoms with van der Waals surface area (Å²) in [5.74, 6) is -4.06. The highest BCUT2D eigenvalue weighted by Crippen LogP contribution is 2.42. The van der Waals surface area contributed by atoms with Gasteiger partial charge in [0.2, 0.25) is 23.6 Å². The molecule has 0 heterocycles. The molecule has 14 heteroatoms. The van der Waals surface area contributed by atoms with E-state index in [0.717, 1.165) is 5.56 Å². The number of benzene rings is 2. The number of phenols is 1. The summed E-state index contributed by atoms with van der Waals surface area (Å²) in [6.45, 7) is 0.901. The molecule has 2 rings (SSSR count). The summed E-state index contributed by atoms with van der Waals surface area (Å²) >= 11 is 0. The fourth-order valence-corrected chi connectivity index (χ4v) is 4.62. The number of aromatic hydroxyl groups is 1. The maximum atomic E-state index is 13.0. The van der Waals surface area contributed by atoms with Crippen LogP contribution in [0.3, 0.4) is 0 Å². The van der Waals surface area contributed by atoms with Crippen molar-refractivity contribution < 1.29 is 38.6 Å². The molecule has 0 fully saturated rings. The number of phenolic OH excluding ortho intramolecular Hbond substituents is 1. The van der Waals surface area contributed by atoms with Gasteiger partial charge in [-0.3, -0.25) is 23.7 Å². The van der Waals surface area contributed by atoms with Gasteiger partial charge in [0.05, 0.1) is 19.1 Å². The van der Waals surface area contributed by atoms with E-state index in [1.807, 2.05) is 6.92 Å². The minimum absolute atomic E-state index is 0.0446. The Labute approximate surface area is 238 Å². The molecule has 0 saturated heterocycles. The fourth-order valence-electron chi connectivity index (χ4n) is 3.81. The standard InChI is InChI=1S/C27H38N5O8P/c1-2-3-9-25(41(38,39)40)32-27(37)22(15-18-7-5-4-6-8-18)31-24(35)17-29-23(34)16-30-26(36)21(28)14-19-10-12-20(33)13-11-19/h4-8,10-13,21-22,25,33H,2-3,9,14-17,28H2,1H3,(H,29,34)(H,30,36)(H,31,35)(H,32,37)(H2,38,39,40)/t21-,22-,25?/m0/s1. The van der Waals surface area contributed by atoms with Gasteiger partial charge in [0.1, 0.15) is 17.6 Å². The van der Waals surface area contributed by atoms with Gasteiger partial charge in [-0.2, -0.15) is 0 Å². The number of carbonyl (C=O) groups excluding carboxylic acids is 4. The SMILES string of the molecule is CCCCC(NC(=O)[C@H](Cc1ccccc1)NC(=O)CNC(=O)CNC(=O)[C@@H](N)Cc1ccc(O)cc1)P(=O)(O)O. The Morgan fingerprint density at radius 1 is 0.829 bits per heavy atom. The van der Waals surface area contributed by atoms with E-state index in [1.165, 1.54) is 12.1 Å². The molecule has 13 nitrogen and oxygen atoms in total. The molecule has 0 aliphatic rings. The van der Waals surface area contributed by atoms with E-state index >= 15 is 0 Å². The lowest BCUT2D eigenvalue weighted by Crippen LogP contribution is -2.53. The van der Waals surface area contributed by atoms with Crippen molar-refractivity contribution in [3.8, 4) is 5.75 Å². The highest BCUT2D eigenvalue weighted by atomic mass is 31.2.